The number of hydrogen-bond acceptors (Lipinski definition) is 7. The van der Waals surface area contributed by atoms with Gasteiger partial charge in [-0.05, 0) is 13.0 Å². The van der Waals surface area contributed by atoms with Gasteiger partial charge in [0, 0.05) is 10.9 Å². The van der Waals surface area contributed by atoms with Crippen LogP contribution in [-0.2, 0) is 0 Å². The lowest BCUT2D eigenvalue weighted by atomic mass is 10.1. The average Bonchev–Trinajstić information content (AvgIpc) is 3.36. The third-order valence-corrected chi connectivity index (χ3v) is 5.12. The van der Waals surface area contributed by atoms with Crippen LogP contribution in [0.4, 0.5) is 5.69 Å². The van der Waals surface area contributed by atoms with Crippen LogP contribution < -0.4 is 14.3 Å². The Morgan fingerprint density at radius 3 is 2.73 bits per heavy atom. The van der Waals surface area contributed by atoms with Gasteiger partial charge in [-0.1, -0.05) is 42.5 Å². The Morgan fingerprint density at radius 1 is 1.30 bits per heavy atom. The zero-order valence-electron chi connectivity index (χ0n) is 16.1. The summed E-state index contributed by atoms with van der Waals surface area (Å²) in [6.07, 6.45) is 1.44. The second kappa shape index (κ2) is 8.34. The molecule has 0 saturated carbocycles. The van der Waals surface area contributed by atoms with Crippen LogP contribution in [0.1, 0.15) is 12.5 Å². The van der Waals surface area contributed by atoms with Crippen molar-refractivity contribution in [1.29, 1.82) is 0 Å². The monoisotopic (exact) mass is 422 g/mol. The molecule has 0 amide bonds. The quantitative estimate of drug-likeness (QED) is 0.257. The number of aromatic nitrogens is 1. The van der Waals surface area contributed by atoms with Crippen molar-refractivity contribution in [2.75, 3.05) is 13.3 Å². The highest BCUT2D eigenvalue weighted by molar-refractivity contribution is 7.07. The smallest absolute Gasteiger partial charge is 0.282 e. The van der Waals surface area contributed by atoms with Crippen molar-refractivity contribution < 1.29 is 14.4 Å². The molecular formula is C21H18N4O4S. The predicted molar refractivity (Wildman–Crippen MR) is 115 cm³/mol. The fourth-order valence-corrected chi connectivity index (χ4v) is 3.69. The number of nitro groups is 1. The molecule has 0 fully saturated rings. The number of benzene rings is 2. The van der Waals surface area contributed by atoms with E-state index in [1.54, 1.807) is 10.7 Å². The molecule has 1 aliphatic rings. The van der Waals surface area contributed by atoms with E-state index in [2.05, 4.69) is 16.7 Å². The van der Waals surface area contributed by atoms with Crippen LogP contribution in [0.5, 0.6) is 11.5 Å². The van der Waals surface area contributed by atoms with Gasteiger partial charge < -0.3 is 9.47 Å². The summed E-state index contributed by atoms with van der Waals surface area (Å²) in [7, 11) is 0. The number of nitrogens with zero attached hydrogens (tertiary/aromatic N) is 4. The van der Waals surface area contributed by atoms with Crippen molar-refractivity contribution in [2.45, 2.75) is 6.92 Å². The fraction of sp³-hybridized carbons (Fsp3) is 0.143. The van der Waals surface area contributed by atoms with Crippen molar-refractivity contribution in [1.82, 2.24) is 4.68 Å². The van der Waals surface area contributed by atoms with E-state index >= 15 is 0 Å². The number of hydrogen-bond donors (Lipinski definition) is 0. The van der Waals surface area contributed by atoms with E-state index in [1.807, 2.05) is 42.6 Å². The molecular weight excluding hydrogens is 404 g/mol. The van der Waals surface area contributed by atoms with Gasteiger partial charge in [0.2, 0.25) is 11.6 Å². The first-order valence-corrected chi connectivity index (χ1v) is 9.94. The van der Waals surface area contributed by atoms with Crippen molar-refractivity contribution in [3.63, 3.8) is 0 Å². The van der Waals surface area contributed by atoms with E-state index < -0.39 is 4.92 Å². The highest BCUT2D eigenvalue weighted by Gasteiger charge is 2.22. The van der Waals surface area contributed by atoms with E-state index in [4.69, 9.17) is 9.47 Å². The normalized spacial score (nSPS) is 13.2. The minimum atomic E-state index is -0.466. The van der Waals surface area contributed by atoms with E-state index in [0.717, 1.165) is 16.8 Å². The summed E-state index contributed by atoms with van der Waals surface area (Å²) in [5.74, 6) is 0.803. The third kappa shape index (κ3) is 4.01. The van der Waals surface area contributed by atoms with Gasteiger partial charge in [-0.15, -0.1) is 11.3 Å². The van der Waals surface area contributed by atoms with Gasteiger partial charge in [0.25, 0.3) is 5.69 Å². The maximum Gasteiger partial charge on any atom is 0.282 e. The Kier molecular flexibility index (Phi) is 5.44. The van der Waals surface area contributed by atoms with E-state index in [9.17, 15) is 10.1 Å². The standard InChI is InChI=1S/C21H18N4O4S/c1-14(2)10-22-21-24(18(12-30-21)15-6-4-3-5-7-15)23-11-16-8-19-20(29-13-28-19)9-17(16)25(26)27/h3-9,11-12H,1,10,13H2,2H3. The number of rotatable bonds is 6. The van der Waals surface area contributed by atoms with Crippen molar-refractivity contribution in [3.8, 4) is 22.8 Å². The Hall–Kier alpha value is -3.72. The van der Waals surface area contributed by atoms with Crippen molar-refractivity contribution >= 4 is 23.2 Å². The lowest BCUT2D eigenvalue weighted by Crippen LogP contribution is -2.13. The zero-order chi connectivity index (χ0) is 21.1. The first kappa shape index (κ1) is 19.6. The molecule has 9 heteroatoms. The number of thiazole rings is 1. The van der Waals surface area contributed by atoms with Crippen LogP contribution in [0.3, 0.4) is 0 Å². The SMILES string of the molecule is C=C(C)CN=c1scc(-c2ccccc2)n1N=Cc1cc2c(cc1[N+](=O)[O-])OCO2. The Morgan fingerprint density at radius 2 is 2.03 bits per heavy atom. The molecule has 4 rings (SSSR count). The van der Waals surface area contributed by atoms with Crippen LogP contribution in [-0.4, -0.2) is 29.2 Å². The second-order valence-electron chi connectivity index (χ2n) is 6.62. The molecule has 30 heavy (non-hydrogen) atoms. The van der Waals surface area contributed by atoms with Gasteiger partial charge in [-0.3, -0.25) is 15.1 Å². The summed E-state index contributed by atoms with van der Waals surface area (Å²) in [5, 5.41) is 18.0. The van der Waals surface area contributed by atoms with Gasteiger partial charge in [0.1, 0.15) is 0 Å². The van der Waals surface area contributed by atoms with Crippen LogP contribution in [0.25, 0.3) is 11.3 Å². The summed E-state index contributed by atoms with van der Waals surface area (Å²) in [4.78, 5) is 16.3. The van der Waals surface area contributed by atoms with E-state index in [0.29, 0.717) is 28.4 Å². The molecule has 0 radical (unpaired) electrons. The molecule has 2 aromatic carbocycles. The highest BCUT2D eigenvalue weighted by Crippen LogP contribution is 2.37. The summed E-state index contributed by atoms with van der Waals surface area (Å²) in [6, 6.07) is 12.7. The summed E-state index contributed by atoms with van der Waals surface area (Å²) in [5.41, 5.74) is 2.92. The van der Waals surface area contributed by atoms with Crippen molar-refractivity contribution in [3.05, 3.63) is 80.5 Å². The summed E-state index contributed by atoms with van der Waals surface area (Å²) < 4.78 is 12.3. The van der Waals surface area contributed by atoms with Gasteiger partial charge in [0.05, 0.1) is 35.0 Å². The molecule has 0 unspecified atom stereocenters. The van der Waals surface area contributed by atoms with Crippen LogP contribution >= 0.6 is 11.3 Å². The van der Waals surface area contributed by atoms with Gasteiger partial charge in [-0.25, -0.2) is 4.68 Å². The zero-order valence-corrected chi connectivity index (χ0v) is 17.0. The molecule has 0 atom stereocenters. The lowest BCUT2D eigenvalue weighted by Gasteiger charge is -2.04. The van der Waals surface area contributed by atoms with Crippen LogP contribution in [0.2, 0.25) is 0 Å². The molecule has 1 aromatic heterocycles. The topological polar surface area (TPSA) is 91.2 Å². The second-order valence-corrected chi connectivity index (χ2v) is 7.46. The molecule has 0 spiro atoms. The Balaban J connectivity index is 1.82. The molecule has 3 aromatic rings. The fourth-order valence-electron chi connectivity index (χ4n) is 2.86. The first-order chi connectivity index (χ1) is 14.5. The molecule has 1 aliphatic heterocycles. The molecule has 0 saturated heterocycles. The molecule has 2 heterocycles. The molecule has 0 bridgehead atoms. The predicted octanol–water partition coefficient (Wildman–Crippen LogP) is 4.21. The summed E-state index contributed by atoms with van der Waals surface area (Å²) >= 11 is 1.44. The van der Waals surface area contributed by atoms with Gasteiger partial charge in [-0.2, -0.15) is 5.10 Å². The van der Waals surface area contributed by atoms with E-state index in [1.165, 1.54) is 23.6 Å². The first-order valence-electron chi connectivity index (χ1n) is 9.06. The lowest BCUT2D eigenvalue weighted by molar-refractivity contribution is -0.385. The minimum absolute atomic E-state index is 0.0362. The number of ether oxygens (including phenoxy) is 2. The Labute approximate surface area is 176 Å². The Bertz CT molecular complexity index is 1210. The van der Waals surface area contributed by atoms with E-state index in [-0.39, 0.29) is 12.5 Å². The maximum atomic E-state index is 11.5. The highest BCUT2D eigenvalue weighted by atomic mass is 32.1. The van der Waals surface area contributed by atoms with Crippen molar-refractivity contribution in [2.24, 2.45) is 10.1 Å². The van der Waals surface area contributed by atoms with Gasteiger partial charge in [0.15, 0.2) is 11.5 Å². The summed E-state index contributed by atoms with van der Waals surface area (Å²) in [6.45, 7) is 6.29. The molecule has 0 N–H and O–H groups in total. The van der Waals surface area contributed by atoms with Crippen LogP contribution in [0.15, 0.2) is 70.1 Å². The van der Waals surface area contributed by atoms with Crippen LogP contribution in [0, 0.1) is 10.1 Å². The van der Waals surface area contributed by atoms with Gasteiger partial charge >= 0.3 is 0 Å². The molecule has 0 aliphatic carbocycles. The minimum Gasteiger partial charge on any atom is -0.454 e. The number of nitro benzene ring substituents is 1. The number of fused-ring (bicyclic) bond motifs is 1. The average molecular weight is 422 g/mol. The maximum absolute atomic E-state index is 11.5. The molecule has 8 nitrogen and oxygen atoms in total. The molecule has 152 valence electrons. The third-order valence-electron chi connectivity index (χ3n) is 4.27. The largest absolute Gasteiger partial charge is 0.454 e.